The van der Waals surface area contributed by atoms with Gasteiger partial charge in [-0.15, -0.1) is 0 Å². The number of hydrogen-bond donors (Lipinski definition) is 2. The van der Waals surface area contributed by atoms with Crippen molar-refractivity contribution in [2.45, 2.75) is 45.8 Å². The fourth-order valence-corrected chi connectivity index (χ4v) is 1.27. The maximum absolute atomic E-state index is 11.6. The monoisotopic (exact) mass is 203 g/mol. The zero-order valence-corrected chi connectivity index (χ0v) is 9.23. The molecule has 0 aliphatic heterocycles. The fraction of sp³-hybridized carbons (Fsp3) is 0.900. The van der Waals surface area contributed by atoms with E-state index in [4.69, 9.17) is 5.11 Å². The quantitative estimate of drug-likeness (QED) is 0.656. The molecule has 0 heterocycles. The fourth-order valence-electron chi connectivity index (χ4n) is 1.27. The van der Waals surface area contributed by atoms with Gasteiger partial charge < -0.3 is 15.1 Å². The number of rotatable bonds is 6. The van der Waals surface area contributed by atoms with E-state index in [0.29, 0.717) is 13.1 Å². The van der Waals surface area contributed by atoms with Crippen molar-refractivity contribution in [2.24, 2.45) is 0 Å². The summed E-state index contributed by atoms with van der Waals surface area (Å²) in [5.74, 6) is -0.372. The summed E-state index contributed by atoms with van der Waals surface area (Å²) in [4.78, 5) is 13.2. The first-order valence-corrected chi connectivity index (χ1v) is 5.19. The van der Waals surface area contributed by atoms with Crippen LogP contribution < -0.4 is 0 Å². The first kappa shape index (κ1) is 13.4. The molecule has 0 aromatic carbocycles. The molecule has 0 spiro atoms. The molecule has 1 amide bonds. The van der Waals surface area contributed by atoms with Crippen molar-refractivity contribution in [2.75, 3.05) is 13.1 Å². The van der Waals surface area contributed by atoms with E-state index < -0.39 is 12.2 Å². The second-order valence-corrected chi connectivity index (χ2v) is 3.51. The van der Waals surface area contributed by atoms with Gasteiger partial charge in [0, 0.05) is 13.1 Å². The predicted molar refractivity (Wildman–Crippen MR) is 54.8 cm³/mol. The highest BCUT2D eigenvalue weighted by Crippen LogP contribution is 2.02. The molecule has 4 nitrogen and oxygen atoms in total. The van der Waals surface area contributed by atoms with E-state index in [9.17, 15) is 9.90 Å². The van der Waals surface area contributed by atoms with E-state index in [0.717, 1.165) is 12.8 Å². The minimum absolute atomic E-state index is 0.372. The molecule has 0 aromatic heterocycles. The standard InChI is InChI=1S/C10H21NO3/c1-4-6-11(7-5-2)10(14)9(13)8(3)12/h8-9,12-13H,4-7H2,1-3H3/t8-,9+/m0/s1. The second kappa shape index (κ2) is 6.79. The smallest absolute Gasteiger partial charge is 0.254 e. The van der Waals surface area contributed by atoms with Gasteiger partial charge in [-0.2, -0.15) is 0 Å². The van der Waals surface area contributed by atoms with Crippen molar-refractivity contribution in [1.29, 1.82) is 0 Å². The summed E-state index contributed by atoms with van der Waals surface area (Å²) >= 11 is 0. The third-order valence-corrected chi connectivity index (χ3v) is 2.01. The van der Waals surface area contributed by atoms with Crippen LogP contribution in [0.25, 0.3) is 0 Å². The van der Waals surface area contributed by atoms with Crippen LogP contribution >= 0.6 is 0 Å². The highest BCUT2D eigenvalue weighted by molar-refractivity contribution is 5.81. The highest BCUT2D eigenvalue weighted by Gasteiger charge is 2.24. The van der Waals surface area contributed by atoms with Crippen molar-refractivity contribution in [3.8, 4) is 0 Å². The number of amides is 1. The lowest BCUT2D eigenvalue weighted by atomic mass is 10.2. The Bertz CT molecular complexity index is 165. The molecule has 14 heavy (non-hydrogen) atoms. The Hall–Kier alpha value is -0.610. The van der Waals surface area contributed by atoms with E-state index in [1.807, 2.05) is 13.8 Å². The van der Waals surface area contributed by atoms with Crippen LogP contribution in [0, 0.1) is 0 Å². The van der Waals surface area contributed by atoms with Gasteiger partial charge in [0.05, 0.1) is 6.10 Å². The summed E-state index contributed by atoms with van der Waals surface area (Å²) in [7, 11) is 0. The number of carbonyl (C=O) groups is 1. The van der Waals surface area contributed by atoms with Gasteiger partial charge in [0.1, 0.15) is 0 Å². The highest BCUT2D eigenvalue weighted by atomic mass is 16.3. The summed E-state index contributed by atoms with van der Waals surface area (Å²) in [6.45, 7) is 6.64. The van der Waals surface area contributed by atoms with Crippen molar-refractivity contribution in [3.05, 3.63) is 0 Å². The van der Waals surface area contributed by atoms with E-state index in [2.05, 4.69) is 0 Å². The molecule has 4 heteroatoms. The van der Waals surface area contributed by atoms with Gasteiger partial charge in [-0.1, -0.05) is 13.8 Å². The first-order valence-electron chi connectivity index (χ1n) is 5.19. The molecule has 0 aliphatic rings. The molecular weight excluding hydrogens is 182 g/mol. The summed E-state index contributed by atoms with van der Waals surface area (Å²) < 4.78 is 0. The van der Waals surface area contributed by atoms with E-state index in [1.54, 1.807) is 4.90 Å². The van der Waals surface area contributed by atoms with Crippen LogP contribution in [-0.4, -0.2) is 46.3 Å². The molecular formula is C10H21NO3. The van der Waals surface area contributed by atoms with Gasteiger partial charge in [0.2, 0.25) is 0 Å². The molecule has 0 radical (unpaired) electrons. The Kier molecular flexibility index (Phi) is 6.49. The Morgan fingerprint density at radius 3 is 1.93 bits per heavy atom. The van der Waals surface area contributed by atoms with Crippen molar-refractivity contribution in [3.63, 3.8) is 0 Å². The average Bonchev–Trinajstić information content (AvgIpc) is 2.15. The van der Waals surface area contributed by atoms with Crippen LogP contribution in [-0.2, 0) is 4.79 Å². The second-order valence-electron chi connectivity index (χ2n) is 3.51. The van der Waals surface area contributed by atoms with Crippen LogP contribution in [0.4, 0.5) is 0 Å². The van der Waals surface area contributed by atoms with E-state index in [1.165, 1.54) is 6.92 Å². The van der Waals surface area contributed by atoms with Gasteiger partial charge in [-0.3, -0.25) is 4.79 Å². The van der Waals surface area contributed by atoms with E-state index in [-0.39, 0.29) is 5.91 Å². The number of aliphatic hydroxyl groups excluding tert-OH is 2. The number of hydrogen-bond acceptors (Lipinski definition) is 3. The van der Waals surface area contributed by atoms with E-state index >= 15 is 0 Å². The van der Waals surface area contributed by atoms with Gasteiger partial charge in [0.15, 0.2) is 6.10 Å². The van der Waals surface area contributed by atoms with Gasteiger partial charge in [0.25, 0.3) is 5.91 Å². The van der Waals surface area contributed by atoms with Crippen LogP contribution in [0.2, 0.25) is 0 Å². The number of aliphatic hydroxyl groups is 2. The van der Waals surface area contributed by atoms with Crippen LogP contribution in [0.3, 0.4) is 0 Å². The lowest BCUT2D eigenvalue weighted by Crippen LogP contribution is -2.44. The predicted octanol–water partition coefficient (Wildman–Crippen LogP) is 0.377. The van der Waals surface area contributed by atoms with Crippen molar-refractivity contribution >= 4 is 5.91 Å². The minimum Gasteiger partial charge on any atom is -0.390 e. The maximum Gasteiger partial charge on any atom is 0.254 e. The molecule has 0 bridgehead atoms. The summed E-state index contributed by atoms with van der Waals surface area (Å²) in [6.07, 6.45) is -0.567. The molecule has 0 saturated carbocycles. The molecule has 0 fully saturated rings. The Balaban J connectivity index is 4.26. The Morgan fingerprint density at radius 1 is 1.21 bits per heavy atom. The molecule has 84 valence electrons. The SMILES string of the molecule is CCCN(CCC)C(=O)[C@H](O)[C@H](C)O. The van der Waals surface area contributed by atoms with Crippen molar-refractivity contribution in [1.82, 2.24) is 4.90 Å². The molecule has 2 N–H and O–H groups in total. The largest absolute Gasteiger partial charge is 0.390 e. The number of nitrogens with zero attached hydrogens (tertiary/aromatic N) is 1. The molecule has 0 unspecified atom stereocenters. The van der Waals surface area contributed by atoms with Gasteiger partial charge in [-0.05, 0) is 19.8 Å². The summed E-state index contributed by atoms with van der Waals surface area (Å²) in [5.41, 5.74) is 0. The third-order valence-electron chi connectivity index (χ3n) is 2.01. The minimum atomic E-state index is -1.28. The van der Waals surface area contributed by atoms with Gasteiger partial charge in [-0.25, -0.2) is 0 Å². The normalized spacial score (nSPS) is 14.9. The molecule has 2 atom stereocenters. The van der Waals surface area contributed by atoms with Crippen LogP contribution in [0.1, 0.15) is 33.6 Å². The molecule has 0 saturated heterocycles. The first-order chi connectivity index (χ1) is 6.54. The van der Waals surface area contributed by atoms with Crippen LogP contribution in [0.15, 0.2) is 0 Å². The zero-order valence-electron chi connectivity index (χ0n) is 9.23. The molecule has 0 aliphatic carbocycles. The van der Waals surface area contributed by atoms with Crippen molar-refractivity contribution < 1.29 is 15.0 Å². The Morgan fingerprint density at radius 2 is 1.64 bits per heavy atom. The van der Waals surface area contributed by atoms with Crippen LogP contribution in [0.5, 0.6) is 0 Å². The summed E-state index contributed by atoms with van der Waals surface area (Å²) in [5, 5.41) is 18.5. The summed E-state index contributed by atoms with van der Waals surface area (Å²) in [6, 6.07) is 0. The average molecular weight is 203 g/mol. The topological polar surface area (TPSA) is 60.8 Å². The lowest BCUT2D eigenvalue weighted by molar-refractivity contribution is -0.145. The maximum atomic E-state index is 11.6. The van der Waals surface area contributed by atoms with Gasteiger partial charge >= 0.3 is 0 Å². The lowest BCUT2D eigenvalue weighted by Gasteiger charge is -2.25. The molecule has 0 aromatic rings. The third kappa shape index (κ3) is 4.07. The Labute approximate surface area is 85.5 Å². The molecule has 0 rings (SSSR count). The number of carbonyl (C=O) groups excluding carboxylic acids is 1. The zero-order chi connectivity index (χ0) is 11.1.